The third-order valence-corrected chi connectivity index (χ3v) is 2.91. The van der Waals surface area contributed by atoms with Crippen molar-refractivity contribution in [3.63, 3.8) is 0 Å². The molecule has 0 aliphatic carbocycles. The van der Waals surface area contributed by atoms with Crippen LogP contribution in [-0.4, -0.2) is 40.9 Å². The molecular weight excluding hydrogens is 220 g/mol. The van der Waals surface area contributed by atoms with E-state index >= 15 is 0 Å². The summed E-state index contributed by atoms with van der Waals surface area (Å²) in [6.45, 7) is 1.20. The second kappa shape index (κ2) is 5.79. The Bertz CT molecular complexity index is 371. The highest BCUT2D eigenvalue weighted by molar-refractivity contribution is 5.92. The molecule has 0 saturated carbocycles. The van der Waals surface area contributed by atoms with Gasteiger partial charge in [-0.2, -0.15) is 5.10 Å². The van der Waals surface area contributed by atoms with Gasteiger partial charge in [-0.15, -0.1) is 0 Å². The van der Waals surface area contributed by atoms with Crippen LogP contribution in [0.4, 0.5) is 0 Å². The number of nitrogens with zero attached hydrogens (tertiary/aromatic N) is 1. The van der Waals surface area contributed by atoms with Crippen molar-refractivity contribution in [2.45, 2.75) is 25.3 Å². The van der Waals surface area contributed by atoms with Crippen molar-refractivity contribution in [2.24, 2.45) is 0 Å². The third-order valence-electron chi connectivity index (χ3n) is 2.91. The summed E-state index contributed by atoms with van der Waals surface area (Å²) in [5.74, 6) is -0.252. The Morgan fingerprint density at radius 2 is 2.47 bits per heavy atom. The molecule has 1 saturated heterocycles. The number of H-pyrrole nitrogens is 1. The van der Waals surface area contributed by atoms with Gasteiger partial charge in [-0.25, -0.2) is 0 Å². The molecule has 2 heterocycles. The fourth-order valence-electron chi connectivity index (χ4n) is 2.01. The number of hydrogen-bond donors (Lipinski definition) is 4. The van der Waals surface area contributed by atoms with E-state index in [0.29, 0.717) is 5.69 Å². The Morgan fingerprint density at radius 3 is 3.18 bits per heavy atom. The van der Waals surface area contributed by atoms with Crippen LogP contribution in [0.5, 0.6) is 0 Å². The lowest BCUT2D eigenvalue weighted by Crippen LogP contribution is -2.27. The van der Waals surface area contributed by atoms with E-state index in [-0.39, 0.29) is 25.1 Å². The second-order valence-corrected chi connectivity index (χ2v) is 4.19. The first-order chi connectivity index (χ1) is 8.31. The van der Waals surface area contributed by atoms with E-state index in [1.807, 2.05) is 0 Å². The molecule has 2 rings (SSSR count). The van der Waals surface area contributed by atoms with E-state index in [9.17, 15) is 4.79 Å². The molecule has 0 spiro atoms. The van der Waals surface area contributed by atoms with Gasteiger partial charge in [0, 0.05) is 12.6 Å². The minimum absolute atomic E-state index is 0.0623. The molecule has 0 bridgehead atoms. The van der Waals surface area contributed by atoms with E-state index in [0.717, 1.165) is 18.7 Å². The van der Waals surface area contributed by atoms with Gasteiger partial charge in [-0.1, -0.05) is 6.42 Å². The van der Waals surface area contributed by atoms with Crippen molar-refractivity contribution >= 4 is 5.91 Å². The first kappa shape index (κ1) is 12.1. The predicted molar refractivity (Wildman–Crippen MR) is 62.6 cm³/mol. The maximum absolute atomic E-state index is 11.6. The maximum Gasteiger partial charge on any atom is 0.271 e. The minimum Gasteiger partial charge on any atom is -0.395 e. The zero-order valence-corrected chi connectivity index (χ0v) is 9.70. The normalized spacial score (nSPS) is 20.2. The van der Waals surface area contributed by atoms with Gasteiger partial charge >= 0.3 is 0 Å². The number of piperidine rings is 1. The molecule has 1 atom stereocenters. The predicted octanol–water partition coefficient (Wildman–Crippen LogP) is -0.0536. The molecule has 4 N–H and O–H groups in total. The zero-order valence-electron chi connectivity index (χ0n) is 9.70. The van der Waals surface area contributed by atoms with Crippen LogP contribution < -0.4 is 10.6 Å². The smallest absolute Gasteiger partial charge is 0.271 e. The summed E-state index contributed by atoms with van der Waals surface area (Å²) in [5, 5.41) is 21.5. The summed E-state index contributed by atoms with van der Waals surface area (Å²) < 4.78 is 0. The molecule has 6 nitrogen and oxygen atoms in total. The molecule has 0 unspecified atom stereocenters. The Morgan fingerprint density at radius 1 is 1.59 bits per heavy atom. The van der Waals surface area contributed by atoms with Crippen molar-refractivity contribution in [1.82, 2.24) is 20.8 Å². The van der Waals surface area contributed by atoms with Crippen LogP contribution in [-0.2, 0) is 0 Å². The molecule has 94 valence electrons. The number of aromatic amines is 1. The van der Waals surface area contributed by atoms with E-state index in [4.69, 9.17) is 5.11 Å². The van der Waals surface area contributed by atoms with Crippen LogP contribution in [0.25, 0.3) is 0 Å². The number of carbonyl (C=O) groups excluding carboxylic acids is 1. The summed E-state index contributed by atoms with van der Waals surface area (Å²) in [4.78, 5) is 11.6. The number of carbonyl (C=O) groups is 1. The molecule has 0 radical (unpaired) electrons. The molecule has 1 aliphatic heterocycles. The van der Waals surface area contributed by atoms with Crippen molar-refractivity contribution < 1.29 is 9.90 Å². The monoisotopic (exact) mass is 238 g/mol. The van der Waals surface area contributed by atoms with Gasteiger partial charge in [0.2, 0.25) is 0 Å². The number of aliphatic hydroxyl groups excluding tert-OH is 1. The number of aromatic nitrogens is 2. The Hall–Kier alpha value is -1.40. The first-order valence-electron chi connectivity index (χ1n) is 5.99. The van der Waals surface area contributed by atoms with Crippen LogP contribution in [0.1, 0.15) is 41.5 Å². The van der Waals surface area contributed by atoms with Gasteiger partial charge in [0.05, 0.1) is 12.3 Å². The fourth-order valence-corrected chi connectivity index (χ4v) is 2.01. The Kier molecular flexibility index (Phi) is 4.11. The number of rotatable bonds is 4. The average molecular weight is 238 g/mol. The Balaban J connectivity index is 1.97. The molecule has 1 aliphatic rings. The van der Waals surface area contributed by atoms with Crippen LogP contribution in [0, 0.1) is 0 Å². The van der Waals surface area contributed by atoms with Crippen LogP contribution in [0.3, 0.4) is 0 Å². The topological polar surface area (TPSA) is 90.0 Å². The van der Waals surface area contributed by atoms with Gasteiger partial charge in [0.15, 0.2) is 0 Å². The SMILES string of the molecule is O=C(NCCO)c1cc([C@H]2CCCCN2)[nH]n1. The summed E-state index contributed by atoms with van der Waals surface area (Å²) in [7, 11) is 0. The van der Waals surface area contributed by atoms with Gasteiger partial charge < -0.3 is 15.7 Å². The van der Waals surface area contributed by atoms with Crippen molar-refractivity contribution in [3.8, 4) is 0 Å². The molecule has 0 aromatic carbocycles. The van der Waals surface area contributed by atoms with E-state index < -0.39 is 0 Å². The second-order valence-electron chi connectivity index (χ2n) is 4.19. The van der Waals surface area contributed by atoms with Crippen LogP contribution in [0.2, 0.25) is 0 Å². The number of aliphatic hydroxyl groups is 1. The highest BCUT2D eigenvalue weighted by atomic mass is 16.3. The summed E-state index contributed by atoms with van der Waals surface area (Å²) in [6.07, 6.45) is 3.47. The fraction of sp³-hybridized carbons (Fsp3) is 0.636. The molecule has 6 heteroatoms. The van der Waals surface area contributed by atoms with Gasteiger partial charge in [0.1, 0.15) is 5.69 Å². The van der Waals surface area contributed by atoms with Gasteiger partial charge in [0.25, 0.3) is 5.91 Å². The van der Waals surface area contributed by atoms with E-state index in [1.165, 1.54) is 12.8 Å². The largest absolute Gasteiger partial charge is 0.395 e. The lowest BCUT2D eigenvalue weighted by Gasteiger charge is -2.21. The molecular formula is C11H18N4O2. The van der Waals surface area contributed by atoms with Crippen molar-refractivity contribution in [3.05, 3.63) is 17.5 Å². The van der Waals surface area contributed by atoms with Gasteiger partial charge in [-0.05, 0) is 25.5 Å². The molecule has 1 aromatic heterocycles. The molecule has 1 aromatic rings. The van der Waals surface area contributed by atoms with Crippen LogP contribution >= 0.6 is 0 Å². The van der Waals surface area contributed by atoms with E-state index in [2.05, 4.69) is 20.8 Å². The molecule has 1 fully saturated rings. The molecule has 1 amide bonds. The number of amides is 1. The molecule has 17 heavy (non-hydrogen) atoms. The van der Waals surface area contributed by atoms with Crippen molar-refractivity contribution in [2.75, 3.05) is 19.7 Å². The first-order valence-corrected chi connectivity index (χ1v) is 5.99. The van der Waals surface area contributed by atoms with E-state index in [1.54, 1.807) is 6.07 Å². The zero-order chi connectivity index (χ0) is 12.1. The minimum atomic E-state index is -0.252. The lowest BCUT2D eigenvalue weighted by atomic mass is 10.0. The van der Waals surface area contributed by atoms with Gasteiger partial charge in [-0.3, -0.25) is 9.89 Å². The standard InChI is InChI=1S/C11H18N4O2/c16-6-5-13-11(17)10-7-9(14-15-10)8-3-1-2-4-12-8/h7-8,12,16H,1-6H2,(H,13,17)(H,14,15)/t8-/m1/s1. The average Bonchev–Trinajstić information content (AvgIpc) is 2.86. The lowest BCUT2D eigenvalue weighted by molar-refractivity contribution is 0.0940. The maximum atomic E-state index is 11.6. The number of nitrogens with one attached hydrogen (secondary N) is 3. The van der Waals surface area contributed by atoms with Crippen molar-refractivity contribution in [1.29, 1.82) is 0 Å². The van der Waals surface area contributed by atoms with Crippen LogP contribution in [0.15, 0.2) is 6.07 Å². The summed E-state index contributed by atoms with van der Waals surface area (Å²) in [6, 6.07) is 2.05. The summed E-state index contributed by atoms with van der Waals surface area (Å²) >= 11 is 0. The highest BCUT2D eigenvalue weighted by Crippen LogP contribution is 2.21. The Labute approximate surface area is 99.8 Å². The summed E-state index contributed by atoms with van der Waals surface area (Å²) in [5.41, 5.74) is 1.33. The quantitative estimate of drug-likeness (QED) is 0.592. The third kappa shape index (κ3) is 3.04. The highest BCUT2D eigenvalue weighted by Gasteiger charge is 2.18. The number of hydrogen-bond acceptors (Lipinski definition) is 4.